The molecule has 0 aromatic rings. The first kappa shape index (κ1) is 11.5. The van der Waals surface area contributed by atoms with Gasteiger partial charge < -0.3 is 5.11 Å². The van der Waals surface area contributed by atoms with Gasteiger partial charge in [-0.15, -0.1) is 0 Å². The van der Waals surface area contributed by atoms with Crippen molar-refractivity contribution in [2.24, 2.45) is 0 Å². The fraction of sp³-hybridized carbons (Fsp3) is 0.714. The number of nitro groups is 1. The molecule has 6 nitrogen and oxygen atoms in total. The van der Waals surface area contributed by atoms with Crippen molar-refractivity contribution in [1.82, 2.24) is 0 Å². The van der Waals surface area contributed by atoms with Gasteiger partial charge in [-0.3, -0.25) is 19.7 Å². The maximum Gasteiger partial charge on any atom is 0.310 e. The van der Waals surface area contributed by atoms with Crippen LogP contribution in [-0.2, 0) is 9.59 Å². The summed E-state index contributed by atoms with van der Waals surface area (Å²) in [6, 6.07) is -0.794. The lowest BCUT2D eigenvalue weighted by atomic mass is 10.1. The summed E-state index contributed by atoms with van der Waals surface area (Å²) in [4.78, 5) is 30.4. The predicted octanol–water partition coefficient (Wildman–Crippen LogP) is 0.476. The molecule has 0 aliphatic carbocycles. The first-order chi connectivity index (χ1) is 5.93. The van der Waals surface area contributed by atoms with E-state index in [0.717, 1.165) is 0 Å². The van der Waals surface area contributed by atoms with E-state index in [1.165, 1.54) is 6.92 Å². The lowest BCUT2D eigenvalue weighted by Crippen LogP contribution is -2.17. The molecule has 1 unspecified atom stereocenters. The summed E-state index contributed by atoms with van der Waals surface area (Å²) in [5.41, 5.74) is 0. The summed E-state index contributed by atoms with van der Waals surface area (Å²) < 4.78 is 0. The van der Waals surface area contributed by atoms with E-state index >= 15 is 0 Å². The Hall–Kier alpha value is -1.46. The number of aliphatic carboxylic acids is 1. The third-order valence-electron chi connectivity index (χ3n) is 1.55. The van der Waals surface area contributed by atoms with Crippen LogP contribution in [0.2, 0.25) is 0 Å². The lowest BCUT2D eigenvalue weighted by molar-refractivity contribution is -0.518. The molecule has 0 spiro atoms. The van der Waals surface area contributed by atoms with Gasteiger partial charge in [0, 0.05) is 24.7 Å². The minimum Gasteiger partial charge on any atom is -0.481 e. The molecule has 13 heavy (non-hydrogen) atoms. The fourth-order valence-electron chi connectivity index (χ4n) is 0.732. The lowest BCUT2D eigenvalue weighted by Gasteiger charge is -2.01. The Bertz CT molecular complexity index is 225. The second-order valence-corrected chi connectivity index (χ2v) is 2.78. The van der Waals surface area contributed by atoms with Crippen LogP contribution in [0.15, 0.2) is 0 Å². The van der Waals surface area contributed by atoms with Crippen LogP contribution >= 0.6 is 0 Å². The molecule has 0 aromatic heterocycles. The highest BCUT2D eigenvalue weighted by Crippen LogP contribution is 2.02. The number of carbonyl (C=O) groups is 2. The first-order valence-corrected chi connectivity index (χ1v) is 3.80. The molecule has 0 aromatic carbocycles. The summed E-state index contributed by atoms with van der Waals surface area (Å²) in [7, 11) is 0. The van der Waals surface area contributed by atoms with Gasteiger partial charge in [0.2, 0.25) is 6.04 Å². The van der Waals surface area contributed by atoms with Gasteiger partial charge in [-0.1, -0.05) is 0 Å². The van der Waals surface area contributed by atoms with E-state index in [9.17, 15) is 19.7 Å². The van der Waals surface area contributed by atoms with Crippen LogP contribution in [0.5, 0.6) is 0 Å². The van der Waals surface area contributed by atoms with Gasteiger partial charge in [0.25, 0.3) is 0 Å². The quantitative estimate of drug-likeness (QED) is 0.372. The van der Waals surface area contributed by atoms with E-state index in [4.69, 9.17) is 5.11 Å². The highest BCUT2D eigenvalue weighted by atomic mass is 16.6. The van der Waals surface area contributed by atoms with Gasteiger partial charge in [0.1, 0.15) is 12.2 Å². The number of carbonyl (C=O) groups excluding carboxylic acids is 1. The van der Waals surface area contributed by atoms with Gasteiger partial charge in [0.15, 0.2) is 0 Å². The van der Waals surface area contributed by atoms with Crippen LogP contribution in [0.1, 0.15) is 26.2 Å². The Balaban J connectivity index is 3.70. The summed E-state index contributed by atoms with van der Waals surface area (Å²) >= 11 is 0. The molecule has 0 saturated carbocycles. The highest BCUT2D eigenvalue weighted by molar-refractivity contribution is 5.94. The molecular weight excluding hydrogens is 178 g/mol. The molecular formula is C7H11NO5. The van der Waals surface area contributed by atoms with Gasteiger partial charge in [-0.05, 0) is 0 Å². The standard InChI is InChI=1S/C7H11NO5/c1-5(8(12)13)2-3-6(9)4-7(10)11/h5H,2-4H2,1H3,(H,10,11). The molecule has 1 N–H and O–H groups in total. The minimum atomic E-state index is -1.20. The zero-order chi connectivity index (χ0) is 10.4. The van der Waals surface area contributed by atoms with Crippen LogP contribution < -0.4 is 0 Å². The zero-order valence-corrected chi connectivity index (χ0v) is 7.23. The van der Waals surface area contributed by atoms with Gasteiger partial charge in [-0.2, -0.15) is 0 Å². The van der Waals surface area contributed by atoms with Crippen molar-refractivity contribution in [3.8, 4) is 0 Å². The Labute approximate surface area is 74.7 Å². The van der Waals surface area contributed by atoms with Crippen molar-refractivity contribution in [2.45, 2.75) is 32.2 Å². The first-order valence-electron chi connectivity index (χ1n) is 3.80. The molecule has 0 fully saturated rings. The van der Waals surface area contributed by atoms with Crippen LogP contribution in [0.3, 0.4) is 0 Å². The third-order valence-corrected chi connectivity index (χ3v) is 1.55. The zero-order valence-electron chi connectivity index (χ0n) is 7.23. The number of hydrogen-bond donors (Lipinski definition) is 1. The van der Waals surface area contributed by atoms with Gasteiger partial charge in [0.05, 0.1) is 0 Å². The van der Waals surface area contributed by atoms with Crippen molar-refractivity contribution < 1.29 is 19.6 Å². The van der Waals surface area contributed by atoms with Crippen molar-refractivity contribution in [1.29, 1.82) is 0 Å². The molecule has 0 aliphatic rings. The average molecular weight is 189 g/mol. The number of hydrogen-bond acceptors (Lipinski definition) is 4. The molecule has 0 amide bonds. The summed E-state index contributed by atoms with van der Waals surface area (Å²) in [6.07, 6.45) is -0.502. The summed E-state index contributed by atoms with van der Waals surface area (Å²) in [6.45, 7) is 1.38. The molecule has 0 bridgehead atoms. The van der Waals surface area contributed by atoms with Crippen LogP contribution in [0.25, 0.3) is 0 Å². The molecule has 0 aliphatic heterocycles. The Morgan fingerprint density at radius 1 is 1.54 bits per heavy atom. The molecule has 0 heterocycles. The second kappa shape index (κ2) is 5.23. The number of nitrogens with zero attached hydrogens (tertiary/aromatic N) is 1. The summed E-state index contributed by atoms with van der Waals surface area (Å²) in [5.74, 6) is -1.67. The SMILES string of the molecule is CC(CCC(=O)CC(=O)O)[N+](=O)[O-]. The number of ketones is 1. The van der Waals surface area contributed by atoms with Crippen LogP contribution in [0.4, 0.5) is 0 Å². The second-order valence-electron chi connectivity index (χ2n) is 2.78. The highest BCUT2D eigenvalue weighted by Gasteiger charge is 2.15. The molecule has 0 saturated heterocycles. The smallest absolute Gasteiger partial charge is 0.310 e. The maximum atomic E-state index is 10.8. The normalized spacial score (nSPS) is 12.1. The minimum absolute atomic E-state index is 0.0472. The van der Waals surface area contributed by atoms with Crippen LogP contribution in [-0.4, -0.2) is 27.8 Å². The van der Waals surface area contributed by atoms with E-state index in [1.54, 1.807) is 0 Å². The van der Waals surface area contributed by atoms with Gasteiger partial charge in [-0.25, -0.2) is 0 Å². The van der Waals surface area contributed by atoms with E-state index in [0.29, 0.717) is 0 Å². The van der Waals surface area contributed by atoms with E-state index in [1.807, 2.05) is 0 Å². The molecule has 0 radical (unpaired) electrons. The average Bonchev–Trinajstić information content (AvgIpc) is 1.98. The Kier molecular flexibility index (Phi) is 4.64. The van der Waals surface area contributed by atoms with Gasteiger partial charge >= 0.3 is 5.97 Å². The Morgan fingerprint density at radius 2 is 2.08 bits per heavy atom. The third kappa shape index (κ3) is 5.77. The van der Waals surface area contributed by atoms with Crippen molar-refractivity contribution >= 4 is 11.8 Å². The van der Waals surface area contributed by atoms with Crippen molar-refractivity contribution in [2.75, 3.05) is 0 Å². The molecule has 0 rings (SSSR count). The molecule has 1 atom stereocenters. The monoisotopic (exact) mass is 189 g/mol. The van der Waals surface area contributed by atoms with E-state index < -0.39 is 29.1 Å². The largest absolute Gasteiger partial charge is 0.481 e. The number of carboxylic acid groups (broad SMARTS) is 1. The van der Waals surface area contributed by atoms with E-state index in [-0.39, 0.29) is 12.8 Å². The van der Waals surface area contributed by atoms with Crippen molar-refractivity contribution in [3.05, 3.63) is 10.1 Å². The number of carboxylic acids is 1. The van der Waals surface area contributed by atoms with Crippen LogP contribution in [0, 0.1) is 10.1 Å². The maximum absolute atomic E-state index is 10.8. The topological polar surface area (TPSA) is 97.5 Å². The predicted molar refractivity (Wildman–Crippen MR) is 43.0 cm³/mol. The molecule has 74 valence electrons. The Morgan fingerprint density at radius 3 is 2.46 bits per heavy atom. The fourth-order valence-corrected chi connectivity index (χ4v) is 0.732. The van der Waals surface area contributed by atoms with E-state index in [2.05, 4.69) is 0 Å². The number of rotatable bonds is 6. The molecule has 6 heteroatoms. The number of Topliss-reactive ketones (excluding diaryl/α,β-unsaturated/α-hetero) is 1. The van der Waals surface area contributed by atoms with Crippen molar-refractivity contribution in [3.63, 3.8) is 0 Å². The summed E-state index contributed by atoms with van der Waals surface area (Å²) in [5, 5.41) is 18.3.